The number of aromatic nitrogens is 4. The number of nitrogens with one attached hydrogen (secondary N) is 2. The molecule has 7 nitrogen and oxygen atoms in total. The van der Waals surface area contributed by atoms with E-state index in [1.807, 2.05) is 58.3 Å². The molecule has 0 bridgehead atoms. The topological polar surface area (TPSA) is 95.7 Å². The normalized spacial score (nSPS) is 12.7. The molecule has 0 saturated heterocycles. The molecule has 0 saturated carbocycles. The maximum absolute atomic E-state index is 8.21. The number of aryl methyl sites for hydroxylation is 2. The van der Waals surface area contributed by atoms with Crippen LogP contribution in [0.15, 0.2) is 65.8 Å². The molecule has 0 unspecified atom stereocenters. The first-order valence-electron chi connectivity index (χ1n) is 10.4. The summed E-state index contributed by atoms with van der Waals surface area (Å²) in [5.74, 6) is 0. The van der Waals surface area contributed by atoms with Gasteiger partial charge in [-0.1, -0.05) is 56.7 Å². The van der Waals surface area contributed by atoms with Gasteiger partial charge in [0.25, 0.3) is 0 Å². The highest BCUT2D eigenvalue weighted by Crippen LogP contribution is 2.29. The molecule has 0 aliphatic carbocycles. The van der Waals surface area contributed by atoms with Gasteiger partial charge in [0.15, 0.2) is 0 Å². The molecule has 7 heteroatoms. The summed E-state index contributed by atoms with van der Waals surface area (Å²) in [6.45, 7) is 8.20. The van der Waals surface area contributed by atoms with Crippen LogP contribution in [0.2, 0.25) is 0 Å². The quantitative estimate of drug-likeness (QED) is 0.334. The van der Waals surface area contributed by atoms with Gasteiger partial charge in [-0.15, -0.1) is 0 Å². The molecule has 1 aromatic carbocycles. The molecule has 0 spiro atoms. The number of hydrogen-bond donors (Lipinski definition) is 2. The second-order valence-electron chi connectivity index (χ2n) is 8.57. The van der Waals surface area contributed by atoms with Crippen LogP contribution in [-0.4, -0.2) is 31.6 Å². The molecule has 32 heavy (non-hydrogen) atoms. The zero-order chi connectivity index (χ0) is 23.3. The molecule has 2 heterocycles. The van der Waals surface area contributed by atoms with Crippen molar-refractivity contribution < 1.29 is 0 Å². The largest absolute Gasteiger partial charge is 0.290 e. The number of benzene rings is 1. The van der Waals surface area contributed by atoms with Crippen LogP contribution >= 0.6 is 0 Å². The molecule has 0 aliphatic rings. The van der Waals surface area contributed by atoms with E-state index >= 15 is 0 Å². The molecule has 0 amide bonds. The zero-order valence-corrected chi connectivity index (χ0v) is 19.2. The van der Waals surface area contributed by atoms with Gasteiger partial charge in [-0.3, -0.25) is 15.5 Å². The Morgan fingerprint density at radius 1 is 1.03 bits per heavy atom. The van der Waals surface area contributed by atoms with Crippen LogP contribution < -0.4 is 5.49 Å². The van der Waals surface area contributed by atoms with Gasteiger partial charge in [0.05, 0.1) is 5.69 Å². The Morgan fingerprint density at radius 2 is 1.75 bits per heavy atom. The van der Waals surface area contributed by atoms with Crippen molar-refractivity contribution >= 4 is 18.3 Å². The number of allylic oxidation sites excluding steroid dienone is 3. The second-order valence-corrected chi connectivity index (χ2v) is 8.57. The van der Waals surface area contributed by atoms with E-state index in [0.29, 0.717) is 0 Å². The highest BCUT2D eigenvalue weighted by atomic mass is 15.3. The van der Waals surface area contributed by atoms with Gasteiger partial charge in [-0.2, -0.15) is 10.2 Å². The van der Waals surface area contributed by atoms with E-state index in [1.54, 1.807) is 16.9 Å². The van der Waals surface area contributed by atoms with Crippen molar-refractivity contribution in [3.63, 3.8) is 0 Å². The summed E-state index contributed by atoms with van der Waals surface area (Å²) >= 11 is 0. The minimum atomic E-state index is -0.166. The molecule has 0 radical (unpaired) electrons. The van der Waals surface area contributed by atoms with Crippen LogP contribution in [0.1, 0.15) is 26.3 Å². The summed E-state index contributed by atoms with van der Waals surface area (Å²) in [7, 11) is 1.89. The first-order chi connectivity index (χ1) is 15.2. The summed E-state index contributed by atoms with van der Waals surface area (Å²) in [6, 6.07) is 11.8. The molecule has 164 valence electrons. The molecule has 0 aliphatic heterocycles. The predicted molar refractivity (Wildman–Crippen MR) is 131 cm³/mol. The third-order valence-corrected chi connectivity index (χ3v) is 4.86. The van der Waals surface area contributed by atoms with E-state index in [0.717, 1.165) is 34.6 Å². The van der Waals surface area contributed by atoms with E-state index in [1.165, 1.54) is 10.2 Å². The van der Waals surface area contributed by atoms with Gasteiger partial charge in [-0.25, -0.2) is 9.67 Å². The third-order valence-electron chi connectivity index (χ3n) is 4.86. The fourth-order valence-corrected chi connectivity index (χ4v) is 3.13. The Kier molecular flexibility index (Phi) is 6.78. The summed E-state index contributed by atoms with van der Waals surface area (Å²) in [6.07, 6.45) is 10.2. The van der Waals surface area contributed by atoms with Gasteiger partial charge in [-0.05, 0) is 31.2 Å². The number of nitrogens with zero attached hydrogens (tertiary/aromatic N) is 5. The molecule has 0 fully saturated rings. The van der Waals surface area contributed by atoms with Crippen LogP contribution in [0.5, 0.6) is 0 Å². The first kappa shape index (κ1) is 22.8. The maximum atomic E-state index is 8.21. The van der Waals surface area contributed by atoms with Crippen LogP contribution in [0.3, 0.4) is 0 Å². The summed E-state index contributed by atoms with van der Waals surface area (Å²) in [5.41, 5.74) is 5.61. The number of hydrogen-bond acceptors (Lipinski definition) is 4. The molecule has 2 aromatic heterocycles. The highest BCUT2D eigenvalue weighted by Gasteiger charge is 2.16. The van der Waals surface area contributed by atoms with Gasteiger partial charge in [0, 0.05) is 41.7 Å². The lowest BCUT2D eigenvalue weighted by Gasteiger charge is -2.17. The minimum absolute atomic E-state index is 0.166. The Morgan fingerprint density at radius 3 is 2.41 bits per heavy atom. The lowest BCUT2D eigenvalue weighted by molar-refractivity contribution is 0.595. The Bertz CT molecular complexity index is 1250. The average Bonchev–Trinajstić information content (AvgIpc) is 3.13. The summed E-state index contributed by atoms with van der Waals surface area (Å²) < 4.78 is 3.30. The fraction of sp³-hybridized carbons (Fsp3) is 0.240. The molecular formula is C25H29N7. The van der Waals surface area contributed by atoms with Gasteiger partial charge >= 0.3 is 0 Å². The van der Waals surface area contributed by atoms with Gasteiger partial charge in [0.2, 0.25) is 0 Å². The Labute approximate surface area is 188 Å². The Balaban J connectivity index is 1.94. The van der Waals surface area contributed by atoms with Crippen LogP contribution in [0.25, 0.3) is 28.7 Å². The third kappa shape index (κ3) is 5.43. The van der Waals surface area contributed by atoms with Crippen molar-refractivity contribution in [2.24, 2.45) is 17.5 Å². The lowest BCUT2D eigenvalue weighted by Crippen LogP contribution is -2.18. The van der Waals surface area contributed by atoms with E-state index in [9.17, 15) is 0 Å². The molecule has 3 aromatic rings. The highest BCUT2D eigenvalue weighted by molar-refractivity contribution is 6.02. The summed E-state index contributed by atoms with van der Waals surface area (Å²) in [5, 5.41) is 24.7. The predicted octanol–water partition coefficient (Wildman–Crippen LogP) is 4.86. The average molecular weight is 428 g/mol. The van der Waals surface area contributed by atoms with Crippen molar-refractivity contribution in [2.75, 3.05) is 0 Å². The number of rotatable bonds is 6. The van der Waals surface area contributed by atoms with E-state index in [-0.39, 0.29) is 10.9 Å². The monoisotopic (exact) mass is 427 g/mol. The Hall–Kier alpha value is -3.87. The van der Waals surface area contributed by atoms with Crippen molar-refractivity contribution in [1.29, 1.82) is 10.8 Å². The van der Waals surface area contributed by atoms with E-state index in [2.05, 4.69) is 46.4 Å². The van der Waals surface area contributed by atoms with Crippen LogP contribution in [0, 0.1) is 23.2 Å². The first-order valence-corrected chi connectivity index (χ1v) is 10.4. The van der Waals surface area contributed by atoms with E-state index < -0.39 is 0 Å². The van der Waals surface area contributed by atoms with Crippen LogP contribution in [-0.2, 0) is 7.05 Å². The van der Waals surface area contributed by atoms with E-state index in [4.69, 9.17) is 10.8 Å². The van der Waals surface area contributed by atoms with Gasteiger partial charge in [0.1, 0.15) is 17.5 Å². The minimum Gasteiger partial charge on any atom is -0.290 e. The van der Waals surface area contributed by atoms with Crippen LogP contribution in [0.4, 0.5) is 0 Å². The molecular weight excluding hydrogens is 398 g/mol. The van der Waals surface area contributed by atoms with Gasteiger partial charge < -0.3 is 0 Å². The zero-order valence-electron chi connectivity index (χ0n) is 19.2. The summed E-state index contributed by atoms with van der Waals surface area (Å²) in [4.78, 5) is 4.13. The van der Waals surface area contributed by atoms with Crippen molar-refractivity contribution in [3.8, 4) is 22.5 Å². The lowest BCUT2D eigenvalue weighted by atomic mass is 9.89. The van der Waals surface area contributed by atoms with Crippen molar-refractivity contribution in [3.05, 3.63) is 71.9 Å². The molecule has 2 N–H and O–H groups in total. The standard InChI is InChI=1S/C25H29N7/c1-18-9-11-19(12-10-18)24-20(16-31(5)30-24)21-13-14-23(27)32(29-21)15-7-6-8-22(28-17-26)25(2,3)4/h6-17,26-27H,1-5H3/b8-6+,15-7+,26-17?,27-23?,28-22?. The number of aliphatic imine (C=N–C) groups is 1. The second kappa shape index (κ2) is 9.51. The molecule has 0 atom stereocenters. The molecule has 3 rings (SSSR count). The SMILES string of the molecule is Cc1ccc(-c2nn(C)cc2-c2ccc(=N)n(/C=C/C=C/C(=NC=N)C(C)(C)C)n2)cc1. The fourth-order valence-electron chi connectivity index (χ4n) is 3.13. The van der Waals surface area contributed by atoms with Crippen molar-refractivity contribution in [1.82, 2.24) is 19.6 Å². The smallest absolute Gasteiger partial charge is 0.146 e. The van der Waals surface area contributed by atoms with Crippen molar-refractivity contribution in [2.45, 2.75) is 27.7 Å². The maximum Gasteiger partial charge on any atom is 0.146 e.